The van der Waals surface area contributed by atoms with Gasteiger partial charge < -0.3 is 5.32 Å². The van der Waals surface area contributed by atoms with Crippen molar-refractivity contribution in [1.29, 1.82) is 0 Å². The van der Waals surface area contributed by atoms with Gasteiger partial charge in [-0.15, -0.1) is 0 Å². The normalized spacial score (nSPS) is 12.4. The molecule has 0 fully saturated rings. The Hall–Kier alpha value is -2.34. The van der Waals surface area contributed by atoms with Gasteiger partial charge in [0.05, 0.1) is 4.90 Å². The van der Waals surface area contributed by atoms with Crippen molar-refractivity contribution in [2.45, 2.75) is 51.3 Å². The monoisotopic (exact) mass is 402 g/mol. The molecule has 0 radical (unpaired) electrons. The largest absolute Gasteiger partial charge is 0.352 e. The Morgan fingerprint density at radius 3 is 2.43 bits per heavy atom. The van der Waals surface area contributed by atoms with E-state index >= 15 is 0 Å². The Labute approximate surface area is 168 Å². The van der Waals surface area contributed by atoms with E-state index in [1.165, 1.54) is 6.07 Å². The first-order valence-corrected chi connectivity index (χ1v) is 11.3. The number of hydrogen-bond acceptors (Lipinski definition) is 3. The number of hydrogen-bond donors (Lipinski definition) is 2. The summed E-state index contributed by atoms with van der Waals surface area (Å²) in [6.45, 7) is 6.61. The average Bonchev–Trinajstić information content (AvgIpc) is 2.68. The van der Waals surface area contributed by atoms with Crippen LogP contribution >= 0.6 is 0 Å². The predicted octanol–water partition coefficient (Wildman–Crippen LogP) is 4.74. The van der Waals surface area contributed by atoms with Crippen molar-refractivity contribution >= 4 is 21.6 Å². The summed E-state index contributed by atoms with van der Waals surface area (Å²) in [5.41, 5.74) is 1.43. The third-order valence-corrected chi connectivity index (χ3v) is 6.38. The van der Waals surface area contributed by atoms with Crippen LogP contribution in [0.25, 0.3) is 0 Å². The van der Waals surface area contributed by atoms with Crippen molar-refractivity contribution in [1.82, 2.24) is 5.32 Å². The SMILES string of the molecule is CCCC[C@H](CC)CNC(=O)c1ccc(C)c(S(=O)(=O)Nc2ccccc2)c1. The maximum atomic E-state index is 12.8. The van der Waals surface area contributed by atoms with Crippen LogP contribution in [0, 0.1) is 12.8 Å². The quantitative estimate of drug-likeness (QED) is 0.603. The van der Waals surface area contributed by atoms with Crippen molar-refractivity contribution < 1.29 is 13.2 Å². The first-order valence-electron chi connectivity index (χ1n) is 9.84. The zero-order valence-corrected chi connectivity index (χ0v) is 17.7. The molecule has 5 nitrogen and oxygen atoms in total. The number of rotatable bonds is 10. The standard InChI is InChI=1S/C22H30N2O3S/c1-4-6-10-18(5-2)16-23-22(25)19-14-13-17(3)21(15-19)28(26,27)24-20-11-8-7-9-12-20/h7-9,11-15,18,24H,4-6,10,16H2,1-3H3,(H,23,25)/t18-/m0/s1. The molecule has 0 aromatic heterocycles. The minimum Gasteiger partial charge on any atom is -0.352 e. The summed E-state index contributed by atoms with van der Waals surface area (Å²) in [6, 6.07) is 13.5. The van der Waals surface area contributed by atoms with Crippen molar-refractivity contribution in [3.05, 3.63) is 59.7 Å². The van der Waals surface area contributed by atoms with E-state index in [0.29, 0.717) is 29.3 Å². The molecule has 28 heavy (non-hydrogen) atoms. The minimum atomic E-state index is -3.78. The molecule has 152 valence electrons. The van der Waals surface area contributed by atoms with Crippen molar-refractivity contribution in [3.63, 3.8) is 0 Å². The van der Waals surface area contributed by atoms with Gasteiger partial charge in [-0.3, -0.25) is 9.52 Å². The molecule has 2 aromatic carbocycles. The highest BCUT2D eigenvalue weighted by Gasteiger charge is 2.19. The molecular weight excluding hydrogens is 372 g/mol. The van der Waals surface area contributed by atoms with Crippen LogP contribution in [0.5, 0.6) is 0 Å². The molecule has 1 atom stereocenters. The first-order chi connectivity index (χ1) is 13.4. The van der Waals surface area contributed by atoms with Crippen LogP contribution in [0.1, 0.15) is 55.5 Å². The highest BCUT2D eigenvalue weighted by Crippen LogP contribution is 2.21. The predicted molar refractivity (Wildman–Crippen MR) is 114 cm³/mol. The smallest absolute Gasteiger partial charge is 0.262 e. The molecule has 2 rings (SSSR count). The van der Waals surface area contributed by atoms with Gasteiger partial charge in [0, 0.05) is 17.8 Å². The summed E-state index contributed by atoms with van der Waals surface area (Å²) in [5, 5.41) is 2.95. The van der Waals surface area contributed by atoms with Gasteiger partial charge in [-0.1, -0.05) is 57.4 Å². The summed E-state index contributed by atoms with van der Waals surface area (Å²) in [5.74, 6) is 0.198. The van der Waals surface area contributed by atoms with Crippen LogP contribution in [0.3, 0.4) is 0 Å². The second kappa shape index (κ2) is 10.3. The summed E-state index contributed by atoms with van der Waals surface area (Å²) >= 11 is 0. The van der Waals surface area contributed by atoms with Gasteiger partial charge in [0.25, 0.3) is 15.9 Å². The second-order valence-electron chi connectivity index (χ2n) is 7.08. The van der Waals surface area contributed by atoms with Gasteiger partial charge in [-0.2, -0.15) is 0 Å². The van der Waals surface area contributed by atoms with Gasteiger partial charge in [0.1, 0.15) is 0 Å². The lowest BCUT2D eigenvalue weighted by atomic mass is 9.99. The highest BCUT2D eigenvalue weighted by molar-refractivity contribution is 7.92. The summed E-state index contributed by atoms with van der Waals surface area (Å²) < 4.78 is 28.1. The number of unbranched alkanes of at least 4 members (excludes halogenated alkanes) is 1. The van der Waals surface area contributed by atoms with E-state index < -0.39 is 10.0 Å². The van der Waals surface area contributed by atoms with E-state index in [2.05, 4.69) is 23.9 Å². The molecular formula is C22H30N2O3S. The fraction of sp³-hybridized carbons (Fsp3) is 0.409. The number of carbonyl (C=O) groups excluding carboxylic acids is 1. The molecule has 0 spiro atoms. The Balaban J connectivity index is 2.14. The van der Waals surface area contributed by atoms with E-state index in [1.807, 2.05) is 6.07 Å². The highest BCUT2D eigenvalue weighted by atomic mass is 32.2. The molecule has 2 N–H and O–H groups in total. The first kappa shape index (κ1) is 22.0. The van der Waals surface area contributed by atoms with Crippen LogP contribution in [0.15, 0.2) is 53.4 Å². The number of benzene rings is 2. The fourth-order valence-electron chi connectivity index (χ4n) is 3.03. The summed E-state index contributed by atoms with van der Waals surface area (Å²) in [4.78, 5) is 12.7. The van der Waals surface area contributed by atoms with Crippen LogP contribution in [0.4, 0.5) is 5.69 Å². The molecule has 0 aliphatic rings. The number of sulfonamides is 1. The molecule has 2 aromatic rings. The maximum Gasteiger partial charge on any atom is 0.262 e. The number of anilines is 1. The molecule has 0 heterocycles. The zero-order valence-electron chi connectivity index (χ0n) is 16.9. The third kappa shape index (κ3) is 6.09. The van der Waals surface area contributed by atoms with Crippen molar-refractivity contribution in [3.8, 4) is 0 Å². The lowest BCUT2D eigenvalue weighted by Crippen LogP contribution is -2.29. The molecule has 0 aliphatic carbocycles. The average molecular weight is 403 g/mol. The molecule has 0 saturated carbocycles. The van der Waals surface area contributed by atoms with Crippen molar-refractivity contribution in [2.24, 2.45) is 5.92 Å². The maximum absolute atomic E-state index is 12.8. The lowest BCUT2D eigenvalue weighted by Gasteiger charge is -2.16. The van der Waals surface area contributed by atoms with E-state index in [9.17, 15) is 13.2 Å². The summed E-state index contributed by atoms with van der Waals surface area (Å²) in [6.07, 6.45) is 4.38. The number of nitrogens with one attached hydrogen (secondary N) is 2. The van der Waals surface area contributed by atoms with Crippen LogP contribution in [-0.4, -0.2) is 20.9 Å². The Morgan fingerprint density at radius 2 is 1.79 bits per heavy atom. The molecule has 0 saturated heterocycles. The van der Waals surface area contributed by atoms with E-state index in [-0.39, 0.29) is 10.8 Å². The van der Waals surface area contributed by atoms with E-state index in [0.717, 1.165) is 25.7 Å². The zero-order chi connectivity index (χ0) is 20.6. The molecule has 0 bridgehead atoms. The second-order valence-corrected chi connectivity index (χ2v) is 8.73. The molecule has 0 aliphatic heterocycles. The van der Waals surface area contributed by atoms with E-state index in [4.69, 9.17) is 0 Å². The number of amides is 1. The Morgan fingerprint density at radius 1 is 1.07 bits per heavy atom. The van der Waals surface area contributed by atoms with Gasteiger partial charge >= 0.3 is 0 Å². The third-order valence-electron chi connectivity index (χ3n) is 4.86. The minimum absolute atomic E-state index is 0.113. The van der Waals surface area contributed by atoms with Crippen molar-refractivity contribution in [2.75, 3.05) is 11.3 Å². The molecule has 6 heteroatoms. The summed E-state index contributed by atoms with van der Waals surface area (Å²) in [7, 11) is -3.78. The van der Waals surface area contributed by atoms with Gasteiger partial charge in [-0.05, 0) is 49.1 Å². The Kier molecular flexibility index (Phi) is 8.05. The number of carbonyl (C=O) groups is 1. The Bertz CT molecular complexity index is 880. The van der Waals surface area contributed by atoms with Crippen LogP contribution in [-0.2, 0) is 10.0 Å². The van der Waals surface area contributed by atoms with Gasteiger partial charge in [0.2, 0.25) is 0 Å². The lowest BCUT2D eigenvalue weighted by molar-refractivity contribution is 0.0945. The topological polar surface area (TPSA) is 75.3 Å². The molecule has 1 amide bonds. The number of aryl methyl sites for hydroxylation is 1. The van der Waals surface area contributed by atoms with Crippen LogP contribution < -0.4 is 10.0 Å². The van der Waals surface area contributed by atoms with E-state index in [1.54, 1.807) is 43.3 Å². The van der Waals surface area contributed by atoms with Gasteiger partial charge in [0.15, 0.2) is 0 Å². The molecule has 0 unspecified atom stereocenters. The van der Waals surface area contributed by atoms with Gasteiger partial charge in [-0.25, -0.2) is 8.42 Å². The van der Waals surface area contributed by atoms with Crippen LogP contribution in [0.2, 0.25) is 0 Å². The number of para-hydroxylation sites is 1. The fourth-order valence-corrected chi connectivity index (χ4v) is 4.36.